The zero-order valence-electron chi connectivity index (χ0n) is 16.1. The fraction of sp³-hybridized carbons (Fsp3) is 0.391. The number of fused-ring (bicyclic) bond motifs is 4. The van der Waals surface area contributed by atoms with Gasteiger partial charge in [-0.1, -0.05) is 24.3 Å². The number of amides is 1. The third-order valence-electron chi connectivity index (χ3n) is 5.91. The van der Waals surface area contributed by atoms with E-state index in [0.29, 0.717) is 17.0 Å². The lowest BCUT2D eigenvalue weighted by molar-refractivity contribution is 0.0584. The van der Waals surface area contributed by atoms with E-state index in [1.807, 2.05) is 17.0 Å². The Morgan fingerprint density at radius 2 is 1.61 bits per heavy atom. The molecule has 146 valence electrons. The van der Waals surface area contributed by atoms with E-state index in [4.69, 9.17) is 0 Å². The highest BCUT2D eigenvalue weighted by Gasteiger charge is 2.37. The molecule has 2 aromatic carbocycles. The molecule has 4 nitrogen and oxygen atoms in total. The minimum atomic E-state index is -0.216. The highest BCUT2D eigenvalue weighted by molar-refractivity contribution is 5.97. The predicted molar refractivity (Wildman–Crippen MR) is 106 cm³/mol. The molecule has 0 N–H and O–H groups in total. The van der Waals surface area contributed by atoms with Gasteiger partial charge in [0, 0.05) is 43.3 Å². The lowest BCUT2D eigenvalue weighted by Crippen LogP contribution is -2.47. The Labute approximate surface area is 164 Å². The first-order valence-electron chi connectivity index (χ1n) is 9.88. The Bertz CT molecular complexity index is 863. The Kier molecular flexibility index (Phi) is 5.27. The molecule has 1 amide bonds. The van der Waals surface area contributed by atoms with E-state index in [0.717, 1.165) is 44.6 Å². The van der Waals surface area contributed by atoms with Gasteiger partial charge in [0.05, 0.1) is 0 Å². The normalized spacial score (nSPS) is 22.1. The monoisotopic (exact) mass is 380 g/mol. The molecule has 3 heterocycles. The summed E-state index contributed by atoms with van der Waals surface area (Å²) < 4.78 is 13.2. The van der Waals surface area contributed by atoms with Crippen LogP contribution in [0, 0.1) is 11.7 Å². The maximum Gasteiger partial charge on any atom is 0.254 e. The molecule has 0 radical (unpaired) electrons. The van der Waals surface area contributed by atoms with E-state index in [1.54, 1.807) is 24.3 Å². The Morgan fingerprint density at radius 3 is 2.29 bits per heavy atom. The van der Waals surface area contributed by atoms with Crippen molar-refractivity contribution < 1.29 is 14.0 Å². The number of ketones is 1. The number of carbonyl (C=O) groups is 2. The van der Waals surface area contributed by atoms with Crippen LogP contribution in [0.4, 0.5) is 4.39 Å². The molecule has 5 rings (SSSR count). The fourth-order valence-corrected chi connectivity index (χ4v) is 4.42. The summed E-state index contributed by atoms with van der Waals surface area (Å²) in [4.78, 5) is 29.0. The van der Waals surface area contributed by atoms with Crippen LogP contribution in [0.25, 0.3) is 0 Å². The van der Waals surface area contributed by atoms with Gasteiger partial charge in [0.25, 0.3) is 5.91 Å². The van der Waals surface area contributed by atoms with Gasteiger partial charge in [-0.05, 0) is 55.5 Å². The molecule has 0 spiro atoms. The molecular formula is C23H25FN2O2. The van der Waals surface area contributed by atoms with Crippen LogP contribution in [0.15, 0.2) is 48.5 Å². The average Bonchev–Trinajstić information content (AvgIpc) is 3.00. The van der Waals surface area contributed by atoms with Crippen LogP contribution < -0.4 is 0 Å². The molecule has 3 aliphatic rings. The second-order valence-corrected chi connectivity index (χ2v) is 8.01. The molecule has 5 heteroatoms. The second-order valence-electron chi connectivity index (χ2n) is 8.01. The number of hydrogen-bond donors (Lipinski definition) is 0. The molecule has 0 saturated carbocycles. The number of hydrogen-bond acceptors (Lipinski definition) is 3. The van der Waals surface area contributed by atoms with E-state index < -0.39 is 0 Å². The summed E-state index contributed by atoms with van der Waals surface area (Å²) in [5.41, 5.74) is 2.36. The largest absolute Gasteiger partial charge is 0.334 e. The molecule has 0 aliphatic carbocycles. The van der Waals surface area contributed by atoms with Crippen molar-refractivity contribution in [2.45, 2.75) is 32.4 Å². The van der Waals surface area contributed by atoms with Crippen LogP contribution >= 0.6 is 0 Å². The van der Waals surface area contributed by atoms with Crippen molar-refractivity contribution in [3.05, 3.63) is 71.0 Å². The number of rotatable bonds is 4. The SMILES string of the molecule is CC(=O)c1ccc(C(=O)N2C[C@H]3CC[C@@H]2CN(Cc2ccc(F)cc2)C3)cc1. The Hall–Kier alpha value is -2.53. The van der Waals surface area contributed by atoms with Crippen molar-refractivity contribution in [2.24, 2.45) is 5.92 Å². The zero-order valence-corrected chi connectivity index (χ0v) is 16.1. The summed E-state index contributed by atoms with van der Waals surface area (Å²) in [6.07, 6.45) is 2.15. The Balaban J connectivity index is 1.47. The van der Waals surface area contributed by atoms with Gasteiger partial charge < -0.3 is 4.90 Å². The number of piperidine rings is 1. The van der Waals surface area contributed by atoms with Crippen LogP contribution in [0.1, 0.15) is 46.0 Å². The van der Waals surface area contributed by atoms with Crippen LogP contribution in [0.5, 0.6) is 0 Å². The van der Waals surface area contributed by atoms with Crippen molar-refractivity contribution in [1.29, 1.82) is 0 Å². The highest BCUT2D eigenvalue weighted by atomic mass is 19.1. The third-order valence-corrected chi connectivity index (χ3v) is 5.91. The van der Waals surface area contributed by atoms with Crippen LogP contribution in [0.3, 0.4) is 0 Å². The van der Waals surface area contributed by atoms with Gasteiger partial charge >= 0.3 is 0 Å². The molecule has 2 bridgehead atoms. The van der Waals surface area contributed by atoms with Crippen molar-refractivity contribution >= 4 is 11.7 Å². The number of carbonyl (C=O) groups excluding carboxylic acids is 2. The lowest BCUT2D eigenvalue weighted by atomic mass is 9.94. The minimum absolute atomic E-state index is 0.00395. The van der Waals surface area contributed by atoms with Gasteiger partial charge in [-0.15, -0.1) is 0 Å². The van der Waals surface area contributed by atoms with E-state index in [1.165, 1.54) is 19.1 Å². The lowest BCUT2D eigenvalue weighted by Gasteiger charge is -2.36. The molecule has 2 atom stereocenters. The smallest absolute Gasteiger partial charge is 0.254 e. The van der Waals surface area contributed by atoms with Crippen molar-refractivity contribution in [1.82, 2.24) is 9.80 Å². The number of nitrogens with zero attached hydrogens (tertiary/aromatic N) is 2. The first-order chi connectivity index (χ1) is 13.5. The van der Waals surface area contributed by atoms with Gasteiger partial charge in [0.15, 0.2) is 5.78 Å². The highest BCUT2D eigenvalue weighted by Crippen LogP contribution is 2.30. The summed E-state index contributed by atoms with van der Waals surface area (Å²) >= 11 is 0. The van der Waals surface area contributed by atoms with Crippen molar-refractivity contribution in [2.75, 3.05) is 19.6 Å². The van der Waals surface area contributed by atoms with Crippen LogP contribution in [0.2, 0.25) is 0 Å². The van der Waals surface area contributed by atoms with Gasteiger partial charge in [0.1, 0.15) is 5.82 Å². The molecule has 3 aliphatic heterocycles. The Morgan fingerprint density at radius 1 is 0.929 bits per heavy atom. The number of halogens is 1. The van der Waals surface area contributed by atoms with E-state index in [2.05, 4.69) is 4.90 Å². The topological polar surface area (TPSA) is 40.6 Å². The standard InChI is InChI=1S/C23H25FN2O2/c1-16(27)19-5-7-20(8-6-19)23(28)26-14-18-4-11-22(26)15-25(13-18)12-17-2-9-21(24)10-3-17/h2-3,5-10,18,22H,4,11-15H2,1H3/t18-,22+/m0/s1. The van der Waals surface area contributed by atoms with Crippen LogP contribution in [-0.4, -0.2) is 47.2 Å². The van der Waals surface area contributed by atoms with E-state index in [-0.39, 0.29) is 23.5 Å². The van der Waals surface area contributed by atoms with Crippen molar-refractivity contribution in [3.63, 3.8) is 0 Å². The van der Waals surface area contributed by atoms with Gasteiger partial charge in [-0.2, -0.15) is 0 Å². The molecule has 0 unspecified atom stereocenters. The van der Waals surface area contributed by atoms with Gasteiger partial charge in [0.2, 0.25) is 0 Å². The maximum atomic E-state index is 13.2. The second kappa shape index (κ2) is 7.84. The third kappa shape index (κ3) is 3.99. The molecule has 3 saturated heterocycles. The van der Waals surface area contributed by atoms with Crippen molar-refractivity contribution in [3.8, 4) is 0 Å². The zero-order chi connectivity index (χ0) is 19.7. The summed E-state index contributed by atoms with van der Waals surface area (Å²) in [6, 6.07) is 13.8. The average molecular weight is 380 g/mol. The van der Waals surface area contributed by atoms with E-state index >= 15 is 0 Å². The molecule has 2 aromatic rings. The summed E-state index contributed by atoms with van der Waals surface area (Å²) in [5.74, 6) is 0.296. The van der Waals surface area contributed by atoms with E-state index in [9.17, 15) is 14.0 Å². The summed E-state index contributed by atoms with van der Waals surface area (Å²) in [6.45, 7) is 4.88. The van der Waals surface area contributed by atoms with Gasteiger partial charge in [-0.25, -0.2) is 4.39 Å². The molecule has 0 aromatic heterocycles. The number of Topliss-reactive ketones (excluding diaryl/α,β-unsaturated/α-hetero) is 1. The first-order valence-corrected chi connectivity index (χ1v) is 9.88. The van der Waals surface area contributed by atoms with Gasteiger partial charge in [-0.3, -0.25) is 14.5 Å². The minimum Gasteiger partial charge on any atom is -0.334 e. The predicted octanol–water partition coefficient (Wildman–Crippen LogP) is 3.76. The molecular weight excluding hydrogens is 355 g/mol. The first kappa shape index (κ1) is 18.8. The molecule has 3 fully saturated rings. The van der Waals surface area contributed by atoms with Crippen LogP contribution in [-0.2, 0) is 6.54 Å². The number of benzene rings is 2. The maximum absolute atomic E-state index is 13.2. The summed E-state index contributed by atoms with van der Waals surface area (Å²) in [5, 5.41) is 0. The fourth-order valence-electron chi connectivity index (χ4n) is 4.42. The molecule has 28 heavy (non-hydrogen) atoms. The summed E-state index contributed by atoms with van der Waals surface area (Å²) in [7, 11) is 0. The quantitative estimate of drug-likeness (QED) is 0.759.